The van der Waals surface area contributed by atoms with E-state index in [0.29, 0.717) is 19.4 Å². The van der Waals surface area contributed by atoms with Gasteiger partial charge in [-0.25, -0.2) is 0 Å². The number of likely N-dealkylation sites (tertiary alicyclic amines) is 1. The highest BCUT2D eigenvalue weighted by atomic mass is 16.2. The van der Waals surface area contributed by atoms with E-state index in [-0.39, 0.29) is 11.4 Å². The van der Waals surface area contributed by atoms with Gasteiger partial charge in [0.05, 0.1) is 6.07 Å². The van der Waals surface area contributed by atoms with E-state index >= 15 is 0 Å². The third kappa shape index (κ3) is 2.78. The van der Waals surface area contributed by atoms with Gasteiger partial charge in [0.2, 0.25) is 5.91 Å². The fourth-order valence-electron chi connectivity index (χ4n) is 2.99. The van der Waals surface area contributed by atoms with Gasteiger partial charge in [0.1, 0.15) is 0 Å². The molecular formula is C16H20N2O. The van der Waals surface area contributed by atoms with Crippen molar-refractivity contribution in [1.29, 1.82) is 5.26 Å². The van der Waals surface area contributed by atoms with Crippen LogP contribution >= 0.6 is 0 Å². The summed E-state index contributed by atoms with van der Waals surface area (Å²) in [6, 6.07) is 12.3. The Morgan fingerprint density at radius 2 is 2.11 bits per heavy atom. The molecule has 0 N–H and O–H groups in total. The van der Waals surface area contributed by atoms with Gasteiger partial charge in [0, 0.05) is 24.9 Å². The lowest BCUT2D eigenvalue weighted by Crippen LogP contribution is -2.44. The lowest BCUT2D eigenvalue weighted by Gasteiger charge is -2.38. The number of carbonyl (C=O) groups is 1. The van der Waals surface area contributed by atoms with Crippen LogP contribution in [-0.2, 0) is 11.3 Å². The minimum absolute atomic E-state index is 0.108. The van der Waals surface area contributed by atoms with Gasteiger partial charge in [-0.15, -0.1) is 0 Å². The van der Waals surface area contributed by atoms with Crippen LogP contribution in [0.15, 0.2) is 30.3 Å². The second-order valence-electron chi connectivity index (χ2n) is 5.20. The van der Waals surface area contributed by atoms with Crippen molar-refractivity contribution in [2.24, 2.45) is 0 Å². The molecule has 1 saturated heterocycles. The maximum atomic E-state index is 12.2. The highest BCUT2D eigenvalue weighted by Gasteiger charge is 2.43. The van der Waals surface area contributed by atoms with Gasteiger partial charge < -0.3 is 4.90 Å². The van der Waals surface area contributed by atoms with Crippen molar-refractivity contribution in [2.75, 3.05) is 0 Å². The number of amides is 1. The highest BCUT2D eigenvalue weighted by molar-refractivity contribution is 5.79. The van der Waals surface area contributed by atoms with Gasteiger partial charge in [-0.05, 0) is 24.8 Å². The Labute approximate surface area is 114 Å². The maximum absolute atomic E-state index is 12.2. The third-order valence-electron chi connectivity index (χ3n) is 4.22. The van der Waals surface area contributed by atoms with Gasteiger partial charge in [-0.2, -0.15) is 5.26 Å². The van der Waals surface area contributed by atoms with Crippen LogP contribution in [-0.4, -0.2) is 16.3 Å². The molecule has 0 radical (unpaired) electrons. The largest absolute Gasteiger partial charge is 0.333 e. The Bertz CT molecular complexity index is 477. The molecule has 1 aromatic carbocycles. The van der Waals surface area contributed by atoms with Gasteiger partial charge in [0.15, 0.2) is 0 Å². The maximum Gasteiger partial charge on any atom is 0.223 e. The standard InChI is InChI=1S/C16H20N2O/c1-2-16(10-6-12-17)11-9-15(19)18(16)13-14-7-4-3-5-8-14/h3-5,7-8H,2,6,9-11,13H2,1H3. The molecule has 1 amide bonds. The van der Waals surface area contributed by atoms with E-state index in [1.54, 1.807) is 0 Å². The van der Waals surface area contributed by atoms with Crippen molar-refractivity contribution in [3.05, 3.63) is 35.9 Å². The summed E-state index contributed by atoms with van der Waals surface area (Å²) in [5, 5.41) is 8.83. The third-order valence-corrected chi connectivity index (χ3v) is 4.22. The van der Waals surface area contributed by atoms with E-state index in [2.05, 4.69) is 25.1 Å². The molecule has 1 aromatic rings. The normalized spacial score (nSPS) is 22.5. The fourth-order valence-corrected chi connectivity index (χ4v) is 2.99. The Morgan fingerprint density at radius 1 is 1.37 bits per heavy atom. The van der Waals surface area contributed by atoms with Crippen molar-refractivity contribution < 1.29 is 4.79 Å². The Morgan fingerprint density at radius 3 is 2.74 bits per heavy atom. The quantitative estimate of drug-likeness (QED) is 0.811. The summed E-state index contributed by atoms with van der Waals surface area (Å²) in [5.74, 6) is 0.226. The van der Waals surface area contributed by atoms with Crippen molar-refractivity contribution in [2.45, 2.75) is 51.1 Å². The Hall–Kier alpha value is -1.82. The zero-order chi connectivity index (χ0) is 13.7. The van der Waals surface area contributed by atoms with Crippen molar-refractivity contribution >= 4 is 5.91 Å². The number of hydrogen-bond acceptors (Lipinski definition) is 2. The van der Waals surface area contributed by atoms with Gasteiger partial charge in [0.25, 0.3) is 0 Å². The molecule has 3 heteroatoms. The SMILES string of the molecule is CCC1(CCC#N)CCC(=O)N1Cc1ccccc1. The summed E-state index contributed by atoms with van der Waals surface area (Å²) in [5.41, 5.74) is 1.05. The van der Waals surface area contributed by atoms with Gasteiger partial charge in [-0.1, -0.05) is 37.3 Å². The second kappa shape index (κ2) is 5.88. The minimum atomic E-state index is -0.108. The van der Waals surface area contributed by atoms with Crippen LogP contribution in [0.2, 0.25) is 0 Å². The first-order valence-electron chi connectivity index (χ1n) is 6.93. The van der Waals surface area contributed by atoms with E-state index in [4.69, 9.17) is 5.26 Å². The van der Waals surface area contributed by atoms with Gasteiger partial charge in [-0.3, -0.25) is 4.79 Å². The lowest BCUT2D eigenvalue weighted by atomic mass is 9.87. The summed E-state index contributed by atoms with van der Waals surface area (Å²) in [4.78, 5) is 14.2. The van der Waals surface area contributed by atoms with E-state index in [1.807, 2.05) is 23.1 Å². The topological polar surface area (TPSA) is 44.1 Å². The fraction of sp³-hybridized carbons (Fsp3) is 0.500. The Balaban J connectivity index is 2.19. The number of carbonyl (C=O) groups excluding carboxylic acids is 1. The first-order valence-corrected chi connectivity index (χ1v) is 6.93. The molecule has 1 unspecified atom stereocenters. The minimum Gasteiger partial charge on any atom is -0.333 e. The first kappa shape index (κ1) is 13.6. The number of hydrogen-bond donors (Lipinski definition) is 0. The average Bonchev–Trinajstić information content (AvgIpc) is 2.76. The average molecular weight is 256 g/mol. The molecule has 1 fully saturated rings. The van der Waals surface area contributed by atoms with E-state index < -0.39 is 0 Å². The van der Waals surface area contributed by atoms with Crippen molar-refractivity contribution in [1.82, 2.24) is 4.90 Å². The van der Waals surface area contributed by atoms with Crippen LogP contribution in [0.5, 0.6) is 0 Å². The van der Waals surface area contributed by atoms with Crippen LogP contribution in [0.25, 0.3) is 0 Å². The van der Waals surface area contributed by atoms with Crippen LogP contribution in [0.4, 0.5) is 0 Å². The molecule has 0 spiro atoms. The number of nitrogens with zero attached hydrogens (tertiary/aromatic N) is 2. The number of rotatable bonds is 5. The van der Waals surface area contributed by atoms with Crippen molar-refractivity contribution in [3.63, 3.8) is 0 Å². The number of nitriles is 1. The van der Waals surface area contributed by atoms with E-state index in [1.165, 1.54) is 0 Å². The molecule has 1 atom stereocenters. The summed E-state index contributed by atoms with van der Waals surface area (Å²) < 4.78 is 0. The smallest absolute Gasteiger partial charge is 0.223 e. The van der Waals surface area contributed by atoms with Gasteiger partial charge >= 0.3 is 0 Å². The van der Waals surface area contributed by atoms with Crippen LogP contribution in [0.1, 0.15) is 44.6 Å². The summed E-state index contributed by atoms with van der Waals surface area (Å²) in [6.07, 6.45) is 3.74. The summed E-state index contributed by atoms with van der Waals surface area (Å²) in [6.45, 7) is 2.78. The van der Waals surface area contributed by atoms with E-state index in [0.717, 1.165) is 24.8 Å². The predicted octanol–water partition coefficient (Wildman–Crippen LogP) is 3.26. The molecule has 0 saturated carbocycles. The van der Waals surface area contributed by atoms with Crippen LogP contribution in [0, 0.1) is 11.3 Å². The molecule has 19 heavy (non-hydrogen) atoms. The second-order valence-corrected chi connectivity index (χ2v) is 5.20. The van der Waals surface area contributed by atoms with E-state index in [9.17, 15) is 4.79 Å². The molecule has 3 nitrogen and oxygen atoms in total. The molecule has 100 valence electrons. The predicted molar refractivity (Wildman–Crippen MR) is 74.1 cm³/mol. The summed E-state index contributed by atoms with van der Waals surface area (Å²) in [7, 11) is 0. The number of benzene rings is 1. The molecule has 2 rings (SSSR count). The Kier molecular flexibility index (Phi) is 4.21. The first-order chi connectivity index (χ1) is 9.22. The summed E-state index contributed by atoms with van der Waals surface area (Å²) >= 11 is 0. The molecule has 1 aliphatic heterocycles. The van der Waals surface area contributed by atoms with Crippen LogP contribution < -0.4 is 0 Å². The zero-order valence-electron chi connectivity index (χ0n) is 11.4. The highest BCUT2D eigenvalue weighted by Crippen LogP contribution is 2.38. The molecular weight excluding hydrogens is 236 g/mol. The molecule has 0 aliphatic carbocycles. The molecule has 1 aliphatic rings. The van der Waals surface area contributed by atoms with Crippen molar-refractivity contribution in [3.8, 4) is 6.07 Å². The molecule has 0 aromatic heterocycles. The zero-order valence-corrected chi connectivity index (χ0v) is 11.4. The molecule has 0 bridgehead atoms. The molecule has 1 heterocycles. The lowest BCUT2D eigenvalue weighted by molar-refractivity contribution is -0.132. The monoisotopic (exact) mass is 256 g/mol. The van der Waals surface area contributed by atoms with Crippen LogP contribution in [0.3, 0.4) is 0 Å².